The van der Waals surface area contributed by atoms with E-state index in [-0.39, 0.29) is 11.8 Å². The zero-order valence-electron chi connectivity index (χ0n) is 13.3. The number of rotatable bonds is 8. The minimum Gasteiger partial charge on any atom is -0.456 e. The van der Waals surface area contributed by atoms with Crippen LogP contribution in [0, 0.1) is 0 Å². The van der Waals surface area contributed by atoms with E-state index >= 15 is 0 Å². The summed E-state index contributed by atoms with van der Waals surface area (Å²) in [4.78, 5) is 22.5. The number of esters is 2. The number of carbonyl (C=O) groups is 2. The van der Waals surface area contributed by atoms with Gasteiger partial charge in [-0.2, -0.15) is 26.3 Å². The monoisotopic (exact) mass is 440 g/mol. The maximum absolute atomic E-state index is 13.2. The molecule has 0 spiro atoms. The van der Waals surface area contributed by atoms with Gasteiger partial charge in [-0.1, -0.05) is 11.6 Å². The Labute approximate surface area is 156 Å². The van der Waals surface area contributed by atoms with E-state index in [1.807, 2.05) is 0 Å². The minimum absolute atomic E-state index is 0.0205. The maximum atomic E-state index is 13.2. The van der Waals surface area contributed by atoms with Crippen molar-refractivity contribution in [1.29, 1.82) is 0 Å². The van der Waals surface area contributed by atoms with Gasteiger partial charge in [0.2, 0.25) is 0 Å². The lowest BCUT2D eigenvalue weighted by molar-refractivity contribution is -0.344. The van der Waals surface area contributed by atoms with Gasteiger partial charge in [-0.25, -0.2) is 18.4 Å². The summed E-state index contributed by atoms with van der Waals surface area (Å²) < 4.78 is 110. The van der Waals surface area contributed by atoms with Crippen molar-refractivity contribution in [2.24, 2.45) is 0 Å². The molecule has 0 aromatic heterocycles. The van der Waals surface area contributed by atoms with Crippen LogP contribution in [-0.4, -0.2) is 42.7 Å². The number of halogens is 9. The molecule has 0 bridgehead atoms. The second-order valence-corrected chi connectivity index (χ2v) is 5.46. The molecule has 28 heavy (non-hydrogen) atoms. The average Bonchev–Trinajstić information content (AvgIpc) is 2.59. The summed E-state index contributed by atoms with van der Waals surface area (Å²) in [5.74, 6) is -21.7. The summed E-state index contributed by atoms with van der Waals surface area (Å²) in [5, 5.41) is 0.314. The third kappa shape index (κ3) is 5.57. The number of alkyl halides is 8. The standard InChI is InChI=1S/C15H9ClF8O4/c16-8-1-3-9(4-2-8)28-11(26)6-5-10(25)27-7-13(19,20)15(23,24)14(21,22)12(17)18/h1-6,12H,7H2/b6-5+. The van der Waals surface area contributed by atoms with Crippen molar-refractivity contribution in [3.63, 3.8) is 0 Å². The first-order chi connectivity index (χ1) is 12.7. The Balaban J connectivity index is 2.66. The summed E-state index contributed by atoms with van der Waals surface area (Å²) in [6.07, 6.45) is -4.55. The van der Waals surface area contributed by atoms with E-state index in [0.29, 0.717) is 11.1 Å². The molecule has 0 amide bonds. The summed E-state index contributed by atoms with van der Waals surface area (Å²) in [7, 11) is 0. The summed E-state index contributed by atoms with van der Waals surface area (Å²) in [5.41, 5.74) is 0. The van der Waals surface area contributed by atoms with E-state index in [1.165, 1.54) is 24.3 Å². The molecule has 1 aromatic carbocycles. The molecule has 0 heterocycles. The van der Waals surface area contributed by atoms with Crippen molar-refractivity contribution in [1.82, 2.24) is 0 Å². The van der Waals surface area contributed by atoms with Gasteiger partial charge in [-0.05, 0) is 24.3 Å². The van der Waals surface area contributed by atoms with Crippen LogP contribution in [0.2, 0.25) is 5.02 Å². The Hall–Kier alpha value is -2.37. The fourth-order valence-electron chi connectivity index (χ4n) is 1.47. The molecular formula is C15H9ClF8O4. The highest BCUT2D eigenvalue weighted by Gasteiger charge is 2.75. The van der Waals surface area contributed by atoms with Crippen LogP contribution in [0.1, 0.15) is 0 Å². The van der Waals surface area contributed by atoms with Crippen molar-refractivity contribution in [2.75, 3.05) is 6.61 Å². The van der Waals surface area contributed by atoms with Gasteiger partial charge >= 0.3 is 36.1 Å². The van der Waals surface area contributed by atoms with Crippen molar-refractivity contribution >= 4 is 23.5 Å². The van der Waals surface area contributed by atoms with Crippen molar-refractivity contribution in [2.45, 2.75) is 24.2 Å². The zero-order chi connectivity index (χ0) is 21.8. The molecular weight excluding hydrogens is 432 g/mol. The molecule has 0 radical (unpaired) electrons. The molecule has 1 aromatic rings. The minimum atomic E-state index is -6.51. The molecule has 4 nitrogen and oxygen atoms in total. The Morgan fingerprint density at radius 1 is 0.964 bits per heavy atom. The van der Waals surface area contributed by atoms with Crippen molar-refractivity contribution in [3.05, 3.63) is 41.4 Å². The van der Waals surface area contributed by atoms with Crippen LogP contribution in [0.25, 0.3) is 0 Å². The summed E-state index contributed by atoms with van der Waals surface area (Å²) >= 11 is 5.58. The van der Waals surface area contributed by atoms with Gasteiger partial charge in [0.1, 0.15) is 5.75 Å². The first-order valence-electron chi connectivity index (χ1n) is 6.94. The van der Waals surface area contributed by atoms with Crippen LogP contribution in [0.5, 0.6) is 5.75 Å². The predicted octanol–water partition coefficient (Wildman–Crippen LogP) is 4.52. The fraction of sp³-hybridized carbons (Fsp3) is 0.333. The molecule has 156 valence electrons. The smallest absolute Gasteiger partial charge is 0.381 e. The van der Waals surface area contributed by atoms with Crippen molar-refractivity contribution in [3.8, 4) is 5.75 Å². The van der Waals surface area contributed by atoms with Crippen LogP contribution in [0.3, 0.4) is 0 Å². The molecule has 0 aliphatic rings. The van der Waals surface area contributed by atoms with Gasteiger partial charge in [-0.3, -0.25) is 0 Å². The van der Waals surface area contributed by atoms with Crippen LogP contribution in [0.4, 0.5) is 35.1 Å². The van der Waals surface area contributed by atoms with Crippen LogP contribution in [0.15, 0.2) is 36.4 Å². The number of carbonyl (C=O) groups excluding carboxylic acids is 2. The Morgan fingerprint density at radius 2 is 1.46 bits per heavy atom. The molecule has 0 aliphatic carbocycles. The van der Waals surface area contributed by atoms with Crippen molar-refractivity contribution < 1.29 is 54.2 Å². The third-order valence-electron chi connectivity index (χ3n) is 2.94. The predicted molar refractivity (Wildman–Crippen MR) is 78.0 cm³/mol. The molecule has 0 aliphatic heterocycles. The van der Waals surface area contributed by atoms with Gasteiger partial charge in [0.25, 0.3) is 0 Å². The second kappa shape index (κ2) is 8.76. The second-order valence-electron chi connectivity index (χ2n) is 5.02. The lowest BCUT2D eigenvalue weighted by atomic mass is 10.1. The Bertz CT molecular complexity index is 734. The third-order valence-corrected chi connectivity index (χ3v) is 3.19. The quantitative estimate of drug-likeness (QED) is 0.258. The number of hydrogen-bond donors (Lipinski definition) is 0. The molecule has 0 saturated heterocycles. The first-order valence-corrected chi connectivity index (χ1v) is 7.32. The average molecular weight is 441 g/mol. The normalized spacial score (nSPS) is 13.1. The van der Waals surface area contributed by atoms with E-state index in [2.05, 4.69) is 9.47 Å². The number of benzene rings is 1. The molecule has 0 atom stereocenters. The van der Waals surface area contributed by atoms with E-state index in [4.69, 9.17) is 11.6 Å². The number of ether oxygens (including phenoxy) is 2. The highest BCUT2D eigenvalue weighted by atomic mass is 35.5. The van der Waals surface area contributed by atoms with Gasteiger partial charge in [0.05, 0.1) is 0 Å². The lowest BCUT2D eigenvalue weighted by Gasteiger charge is -2.31. The maximum Gasteiger partial charge on any atom is 0.381 e. The van der Waals surface area contributed by atoms with E-state index in [9.17, 15) is 44.7 Å². The van der Waals surface area contributed by atoms with Crippen LogP contribution >= 0.6 is 11.6 Å². The molecule has 0 saturated carbocycles. The first kappa shape index (κ1) is 23.7. The summed E-state index contributed by atoms with van der Waals surface area (Å²) in [6, 6.07) is 5.22. The van der Waals surface area contributed by atoms with E-state index < -0.39 is 42.7 Å². The molecule has 0 fully saturated rings. The van der Waals surface area contributed by atoms with Crippen LogP contribution < -0.4 is 4.74 Å². The highest BCUT2D eigenvalue weighted by molar-refractivity contribution is 6.30. The number of hydrogen-bond acceptors (Lipinski definition) is 4. The molecule has 13 heteroatoms. The highest BCUT2D eigenvalue weighted by Crippen LogP contribution is 2.48. The topological polar surface area (TPSA) is 52.6 Å². The summed E-state index contributed by atoms with van der Waals surface area (Å²) in [6.45, 7) is -2.64. The van der Waals surface area contributed by atoms with Gasteiger partial charge in [-0.15, -0.1) is 0 Å². The van der Waals surface area contributed by atoms with Gasteiger partial charge in [0.15, 0.2) is 6.61 Å². The fourth-order valence-corrected chi connectivity index (χ4v) is 1.60. The lowest BCUT2D eigenvalue weighted by Crippen LogP contribution is -2.59. The molecule has 1 rings (SSSR count). The molecule has 0 N–H and O–H groups in total. The van der Waals surface area contributed by atoms with Crippen LogP contribution in [-0.2, 0) is 14.3 Å². The van der Waals surface area contributed by atoms with E-state index in [1.54, 1.807) is 0 Å². The zero-order valence-corrected chi connectivity index (χ0v) is 14.0. The van der Waals surface area contributed by atoms with E-state index in [0.717, 1.165) is 0 Å². The van der Waals surface area contributed by atoms with Gasteiger partial charge < -0.3 is 9.47 Å². The Kier molecular flexibility index (Phi) is 7.40. The Morgan fingerprint density at radius 3 is 1.96 bits per heavy atom. The largest absolute Gasteiger partial charge is 0.456 e. The van der Waals surface area contributed by atoms with Gasteiger partial charge in [0, 0.05) is 17.2 Å². The SMILES string of the molecule is O=C(/C=C/C(=O)Oc1ccc(Cl)cc1)OCC(F)(F)C(F)(F)C(F)(F)C(F)F. The molecule has 0 unspecified atom stereocenters.